The number of rotatable bonds is 7. The molecule has 1 unspecified atom stereocenters. The zero-order valence-electron chi connectivity index (χ0n) is 18.5. The molecule has 0 radical (unpaired) electrons. The van der Waals surface area contributed by atoms with Crippen LogP contribution in [0.2, 0.25) is 0 Å². The predicted octanol–water partition coefficient (Wildman–Crippen LogP) is 4.65. The van der Waals surface area contributed by atoms with E-state index in [1.54, 1.807) is 16.8 Å². The van der Waals surface area contributed by atoms with Gasteiger partial charge < -0.3 is 5.32 Å². The minimum Gasteiger partial charge on any atom is -0.325 e. The molecule has 170 valence electrons. The Morgan fingerprint density at radius 2 is 1.76 bits per heavy atom. The molecule has 0 aliphatic rings. The van der Waals surface area contributed by atoms with Crippen molar-refractivity contribution in [2.75, 3.05) is 5.32 Å². The molecule has 0 bridgehead atoms. The SMILES string of the molecule is CCC(Sc1nnc2c(=O)n(-c3ccc(F)cc3)ccn12)C(=O)Nc1ccc(C(C)C)cc1. The summed E-state index contributed by atoms with van der Waals surface area (Å²) < 4.78 is 16.2. The maximum Gasteiger partial charge on any atom is 0.300 e. The van der Waals surface area contributed by atoms with Gasteiger partial charge in [-0.2, -0.15) is 0 Å². The minimum atomic E-state index is -0.415. The first-order chi connectivity index (χ1) is 15.9. The summed E-state index contributed by atoms with van der Waals surface area (Å²) in [7, 11) is 0. The molecule has 2 heterocycles. The van der Waals surface area contributed by atoms with Gasteiger partial charge in [0.25, 0.3) is 0 Å². The van der Waals surface area contributed by atoms with Crippen LogP contribution in [0.3, 0.4) is 0 Å². The Bertz CT molecular complexity index is 1330. The molecule has 4 aromatic rings. The fourth-order valence-corrected chi connectivity index (χ4v) is 4.31. The first kappa shape index (κ1) is 22.7. The van der Waals surface area contributed by atoms with Gasteiger partial charge >= 0.3 is 5.56 Å². The van der Waals surface area contributed by atoms with Gasteiger partial charge in [-0.25, -0.2) is 4.39 Å². The summed E-state index contributed by atoms with van der Waals surface area (Å²) >= 11 is 1.25. The van der Waals surface area contributed by atoms with Crippen LogP contribution >= 0.6 is 11.8 Å². The lowest BCUT2D eigenvalue weighted by atomic mass is 10.0. The number of halogens is 1. The number of nitrogens with one attached hydrogen (secondary N) is 1. The number of hydrogen-bond acceptors (Lipinski definition) is 5. The Morgan fingerprint density at radius 3 is 2.39 bits per heavy atom. The molecule has 0 aliphatic carbocycles. The number of hydrogen-bond donors (Lipinski definition) is 1. The second-order valence-corrected chi connectivity index (χ2v) is 9.08. The number of nitrogens with zero attached hydrogens (tertiary/aromatic N) is 4. The van der Waals surface area contributed by atoms with Gasteiger partial charge in [0.15, 0.2) is 5.16 Å². The number of benzene rings is 2. The number of aromatic nitrogens is 4. The van der Waals surface area contributed by atoms with E-state index in [4.69, 9.17) is 0 Å². The quantitative estimate of drug-likeness (QED) is 0.402. The first-order valence-corrected chi connectivity index (χ1v) is 11.5. The molecular weight excluding hydrogens is 441 g/mol. The highest BCUT2D eigenvalue weighted by Gasteiger charge is 2.22. The van der Waals surface area contributed by atoms with Crippen molar-refractivity contribution in [2.24, 2.45) is 0 Å². The van der Waals surface area contributed by atoms with Crippen molar-refractivity contribution in [2.45, 2.75) is 43.5 Å². The van der Waals surface area contributed by atoms with Crippen molar-refractivity contribution in [1.82, 2.24) is 19.2 Å². The van der Waals surface area contributed by atoms with E-state index in [9.17, 15) is 14.0 Å². The van der Waals surface area contributed by atoms with Gasteiger partial charge in [-0.15, -0.1) is 10.2 Å². The third kappa shape index (κ3) is 4.83. The lowest BCUT2D eigenvalue weighted by molar-refractivity contribution is -0.115. The highest BCUT2D eigenvalue weighted by molar-refractivity contribution is 8.00. The predicted molar refractivity (Wildman–Crippen MR) is 128 cm³/mol. The third-order valence-electron chi connectivity index (χ3n) is 5.30. The van der Waals surface area contributed by atoms with E-state index in [2.05, 4.69) is 29.4 Å². The molecule has 0 aliphatic heterocycles. The summed E-state index contributed by atoms with van der Waals surface area (Å²) in [6.07, 6.45) is 3.81. The zero-order valence-corrected chi connectivity index (χ0v) is 19.3. The van der Waals surface area contributed by atoms with Gasteiger partial charge in [-0.3, -0.25) is 18.6 Å². The normalized spacial score (nSPS) is 12.3. The molecule has 2 aromatic heterocycles. The minimum absolute atomic E-state index is 0.129. The lowest BCUT2D eigenvalue weighted by Crippen LogP contribution is -2.25. The second kappa shape index (κ2) is 9.58. The van der Waals surface area contributed by atoms with Crippen molar-refractivity contribution in [3.8, 4) is 5.69 Å². The molecule has 0 fully saturated rings. The molecule has 2 aromatic carbocycles. The monoisotopic (exact) mass is 465 g/mol. The van der Waals surface area contributed by atoms with Crippen LogP contribution in [0, 0.1) is 5.82 Å². The van der Waals surface area contributed by atoms with E-state index < -0.39 is 5.25 Å². The van der Waals surface area contributed by atoms with Crippen LogP contribution in [-0.4, -0.2) is 30.3 Å². The number of amides is 1. The molecule has 4 rings (SSSR count). The number of anilines is 1. The van der Waals surface area contributed by atoms with E-state index >= 15 is 0 Å². The molecule has 0 saturated carbocycles. The van der Waals surface area contributed by atoms with E-state index in [0.717, 1.165) is 5.69 Å². The van der Waals surface area contributed by atoms with Crippen molar-refractivity contribution >= 4 is 29.0 Å². The van der Waals surface area contributed by atoms with E-state index in [-0.39, 0.29) is 22.9 Å². The van der Waals surface area contributed by atoms with Gasteiger partial charge in [0.1, 0.15) is 5.82 Å². The third-order valence-corrected chi connectivity index (χ3v) is 6.62. The molecule has 9 heteroatoms. The smallest absolute Gasteiger partial charge is 0.300 e. The average molecular weight is 466 g/mol. The Kier molecular flexibility index (Phi) is 6.60. The van der Waals surface area contributed by atoms with E-state index in [0.29, 0.717) is 23.2 Å². The molecule has 1 N–H and O–H groups in total. The summed E-state index contributed by atoms with van der Waals surface area (Å²) in [4.78, 5) is 25.8. The Labute approximate surface area is 194 Å². The Balaban J connectivity index is 1.54. The number of carbonyl (C=O) groups is 1. The molecule has 0 saturated heterocycles. The number of fused-ring (bicyclic) bond motifs is 1. The Hall–Kier alpha value is -3.46. The summed E-state index contributed by atoms with van der Waals surface area (Å²) in [5.74, 6) is -0.104. The fourth-order valence-electron chi connectivity index (χ4n) is 3.37. The van der Waals surface area contributed by atoms with Crippen LogP contribution < -0.4 is 10.9 Å². The molecule has 1 amide bonds. The molecule has 0 spiro atoms. The second-order valence-electron chi connectivity index (χ2n) is 7.91. The van der Waals surface area contributed by atoms with E-state index in [1.807, 2.05) is 31.2 Å². The highest BCUT2D eigenvalue weighted by atomic mass is 32.2. The summed E-state index contributed by atoms with van der Waals surface area (Å²) in [6.45, 7) is 6.16. The van der Waals surface area contributed by atoms with Gasteiger partial charge in [0.05, 0.1) is 5.25 Å². The maximum atomic E-state index is 13.2. The molecule has 7 nitrogen and oxygen atoms in total. The van der Waals surface area contributed by atoms with Gasteiger partial charge in [-0.05, 0) is 54.3 Å². The van der Waals surface area contributed by atoms with Gasteiger partial charge in [-0.1, -0.05) is 44.7 Å². The highest BCUT2D eigenvalue weighted by Crippen LogP contribution is 2.26. The van der Waals surface area contributed by atoms with Crippen LogP contribution in [0.5, 0.6) is 0 Å². The molecular formula is C24H24FN5O2S. The fraction of sp³-hybridized carbons (Fsp3) is 0.250. The topological polar surface area (TPSA) is 81.3 Å². The van der Waals surface area contributed by atoms with Gasteiger partial charge in [0, 0.05) is 23.8 Å². The van der Waals surface area contributed by atoms with Crippen LogP contribution in [-0.2, 0) is 4.79 Å². The van der Waals surface area contributed by atoms with Crippen LogP contribution in [0.1, 0.15) is 38.7 Å². The lowest BCUT2D eigenvalue weighted by Gasteiger charge is -2.14. The zero-order chi connectivity index (χ0) is 23.5. The average Bonchev–Trinajstić information content (AvgIpc) is 3.22. The van der Waals surface area contributed by atoms with Crippen LogP contribution in [0.15, 0.2) is 70.9 Å². The van der Waals surface area contributed by atoms with E-state index in [1.165, 1.54) is 46.2 Å². The van der Waals surface area contributed by atoms with Crippen LogP contribution in [0.25, 0.3) is 11.3 Å². The van der Waals surface area contributed by atoms with Crippen LogP contribution in [0.4, 0.5) is 10.1 Å². The summed E-state index contributed by atoms with van der Waals surface area (Å²) in [5.41, 5.74) is 2.21. The number of thioether (sulfide) groups is 1. The van der Waals surface area contributed by atoms with Crippen molar-refractivity contribution in [1.29, 1.82) is 0 Å². The molecule has 33 heavy (non-hydrogen) atoms. The largest absolute Gasteiger partial charge is 0.325 e. The molecule has 1 atom stereocenters. The maximum absolute atomic E-state index is 13.2. The summed E-state index contributed by atoms with van der Waals surface area (Å²) in [5, 5.41) is 11.2. The first-order valence-electron chi connectivity index (χ1n) is 10.7. The standard InChI is InChI=1S/C24H24FN5O2S/c1-4-20(22(31)26-18-9-5-16(6-10-18)15(2)3)33-24-28-27-21-23(32)29(13-14-30(21)24)19-11-7-17(25)8-12-19/h5-15,20H,4H2,1-3H3,(H,26,31). The van der Waals surface area contributed by atoms with Crippen molar-refractivity contribution < 1.29 is 9.18 Å². The Morgan fingerprint density at radius 1 is 1.06 bits per heavy atom. The van der Waals surface area contributed by atoms with Crippen molar-refractivity contribution in [3.05, 3.63) is 82.7 Å². The van der Waals surface area contributed by atoms with Gasteiger partial charge in [0.2, 0.25) is 11.6 Å². The number of carbonyl (C=O) groups excluding carboxylic acids is 1. The summed E-state index contributed by atoms with van der Waals surface area (Å²) in [6, 6.07) is 13.4. The van der Waals surface area contributed by atoms with Crippen molar-refractivity contribution in [3.63, 3.8) is 0 Å².